The van der Waals surface area contributed by atoms with Gasteiger partial charge in [-0.3, -0.25) is 9.59 Å². The van der Waals surface area contributed by atoms with Gasteiger partial charge in [-0.2, -0.15) is 0 Å². The molecule has 0 aromatic heterocycles. The maximum absolute atomic E-state index is 12.3. The minimum Gasteiger partial charge on any atom is -0.460 e. The van der Waals surface area contributed by atoms with E-state index in [1.165, 1.54) is 6.08 Å². The van der Waals surface area contributed by atoms with Gasteiger partial charge in [0.1, 0.15) is 24.8 Å². The standard InChI is InChI=1S/C16H27N5O6/c1-5-8-26-13(23)10-18-14(24)12(9-11(22)6-7-19-21-17)20-15(25)27-16(2,3)4/h5,11-12,22H,1,6-10H2,2-4H3,(H,18,24)(H,20,25)/t11-,12+/m1/s1. The highest BCUT2D eigenvalue weighted by Crippen LogP contribution is 2.09. The van der Waals surface area contributed by atoms with Crippen molar-refractivity contribution in [1.82, 2.24) is 10.6 Å². The summed E-state index contributed by atoms with van der Waals surface area (Å²) >= 11 is 0. The Morgan fingerprint density at radius 1 is 1.37 bits per heavy atom. The molecule has 11 heteroatoms. The van der Waals surface area contributed by atoms with E-state index < -0.39 is 42.3 Å². The zero-order chi connectivity index (χ0) is 20.9. The van der Waals surface area contributed by atoms with E-state index in [9.17, 15) is 19.5 Å². The molecule has 0 aromatic rings. The summed E-state index contributed by atoms with van der Waals surface area (Å²) in [6.45, 7) is 8.01. The number of hydrogen-bond donors (Lipinski definition) is 3. The fourth-order valence-corrected chi connectivity index (χ4v) is 1.81. The second-order valence-electron chi connectivity index (χ2n) is 6.52. The quantitative estimate of drug-likeness (QED) is 0.159. The number of carbonyl (C=O) groups is 3. The van der Waals surface area contributed by atoms with Crippen molar-refractivity contribution in [2.75, 3.05) is 19.7 Å². The number of hydrogen-bond acceptors (Lipinski definition) is 7. The van der Waals surface area contributed by atoms with E-state index in [1.807, 2.05) is 0 Å². The summed E-state index contributed by atoms with van der Waals surface area (Å²) in [6, 6.07) is -1.16. The van der Waals surface area contributed by atoms with Crippen molar-refractivity contribution < 1.29 is 29.0 Å². The number of nitrogens with one attached hydrogen (secondary N) is 2. The lowest BCUT2D eigenvalue weighted by atomic mass is 10.1. The monoisotopic (exact) mass is 385 g/mol. The molecule has 0 aromatic carbocycles. The van der Waals surface area contributed by atoms with E-state index in [4.69, 9.17) is 15.0 Å². The minimum atomic E-state index is -1.16. The van der Waals surface area contributed by atoms with Gasteiger partial charge >= 0.3 is 12.1 Å². The summed E-state index contributed by atoms with van der Waals surface area (Å²) in [7, 11) is 0. The molecule has 0 rings (SSSR count). The third kappa shape index (κ3) is 13.1. The van der Waals surface area contributed by atoms with E-state index in [0.717, 1.165) is 0 Å². The summed E-state index contributed by atoms with van der Waals surface area (Å²) in [5.74, 6) is -1.37. The molecule has 0 fully saturated rings. The van der Waals surface area contributed by atoms with Gasteiger partial charge in [0, 0.05) is 17.9 Å². The molecular formula is C16H27N5O6. The first-order valence-corrected chi connectivity index (χ1v) is 8.31. The second-order valence-corrected chi connectivity index (χ2v) is 6.52. The van der Waals surface area contributed by atoms with E-state index in [-0.39, 0.29) is 26.0 Å². The Bertz CT molecular complexity index is 568. The van der Waals surface area contributed by atoms with E-state index in [1.54, 1.807) is 20.8 Å². The van der Waals surface area contributed by atoms with Crippen molar-refractivity contribution in [3.8, 4) is 0 Å². The van der Waals surface area contributed by atoms with Crippen molar-refractivity contribution in [1.29, 1.82) is 0 Å². The average molecular weight is 385 g/mol. The SMILES string of the molecule is C=CCOC(=O)CNC(=O)[C@H](C[C@H](O)CCN=[N+]=[N-])NC(=O)OC(C)(C)C. The number of ether oxygens (including phenoxy) is 2. The van der Waals surface area contributed by atoms with Gasteiger partial charge in [0.05, 0.1) is 6.10 Å². The Morgan fingerprint density at radius 2 is 2.04 bits per heavy atom. The van der Waals surface area contributed by atoms with E-state index in [0.29, 0.717) is 0 Å². The molecule has 152 valence electrons. The Kier molecular flexibility index (Phi) is 11.3. The molecule has 0 aliphatic heterocycles. The zero-order valence-corrected chi connectivity index (χ0v) is 15.8. The molecule has 11 nitrogen and oxygen atoms in total. The molecule has 0 aliphatic rings. The molecule has 0 radical (unpaired) electrons. The van der Waals surface area contributed by atoms with Gasteiger partial charge in [0.25, 0.3) is 0 Å². The van der Waals surface area contributed by atoms with Crippen LogP contribution in [0, 0.1) is 0 Å². The number of aliphatic hydroxyl groups is 1. The Balaban J connectivity index is 4.85. The molecule has 0 aliphatic carbocycles. The van der Waals surface area contributed by atoms with Crippen molar-refractivity contribution in [3.63, 3.8) is 0 Å². The topological polar surface area (TPSA) is 163 Å². The number of esters is 1. The number of nitrogens with zero attached hydrogens (tertiary/aromatic N) is 3. The lowest BCUT2D eigenvalue weighted by molar-refractivity contribution is -0.143. The van der Waals surface area contributed by atoms with Crippen LogP contribution in [-0.2, 0) is 19.1 Å². The molecule has 0 saturated carbocycles. The molecule has 27 heavy (non-hydrogen) atoms. The third-order valence-electron chi connectivity index (χ3n) is 2.91. The van der Waals surface area contributed by atoms with Crippen LogP contribution < -0.4 is 10.6 Å². The number of amides is 2. The largest absolute Gasteiger partial charge is 0.460 e. The van der Waals surface area contributed by atoms with Gasteiger partial charge in [-0.15, -0.1) is 0 Å². The van der Waals surface area contributed by atoms with Crippen LogP contribution in [-0.4, -0.2) is 60.5 Å². The van der Waals surface area contributed by atoms with Gasteiger partial charge in [-0.05, 0) is 32.7 Å². The molecule has 3 N–H and O–H groups in total. The predicted octanol–water partition coefficient (Wildman–Crippen LogP) is 1.18. The van der Waals surface area contributed by atoms with Crippen LogP contribution in [0.2, 0.25) is 0 Å². The lowest BCUT2D eigenvalue weighted by Gasteiger charge is -2.24. The Morgan fingerprint density at radius 3 is 2.59 bits per heavy atom. The summed E-state index contributed by atoms with van der Waals surface area (Å²) in [6.07, 6.45) is -0.543. The van der Waals surface area contributed by atoms with Crippen molar-refractivity contribution in [2.45, 2.75) is 51.4 Å². The van der Waals surface area contributed by atoms with E-state index >= 15 is 0 Å². The highest BCUT2D eigenvalue weighted by atomic mass is 16.6. The normalized spacial score (nSPS) is 12.7. The third-order valence-corrected chi connectivity index (χ3v) is 2.91. The van der Waals surface area contributed by atoms with Crippen LogP contribution in [0.4, 0.5) is 4.79 Å². The summed E-state index contributed by atoms with van der Waals surface area (Å²) in [4.78, 5) is 38.2. The molecule has 0 unspecified atom stereocenters. The highest BCUT2D eigenvalue weighted by molar-refractivity contribution is 5.88. The summed E-state index contributed by atoms with van der Waals surface area (Å²) in [5, 5.41) is 18.0. The molecule has 0 heterocycles. The lowest BCUT2D eigenvalue weighted by Crippen LogP contribution is -2.50. The predicted molar refractivity (Wildman–Crippen MR) is 96.6 cm³/mol. The first-order valence-electron chi connectivity index (χ1n) is 8.31. The van der Waals surface area contributed by atoms with Crippen molar-refractivity contribution >= 4 is 18.0 Å². The fraction of sp³-hybridized carbons (Fsp3) is 0.688. The van der Waals surface area contributed by atoms with Crippen LogP contribution >= 0.6 is 0 Å². The van der Waals surface area contributed by atoms with Crippen LogP contribution in [0.15, 0.2) is 17.8 Å². The van der Waals surface area contributed by atoms with Crippen LogP contribution in [0.5, 0.6) is 0 Å². The molecule has 2 atom stereocenters. The molecular weight excluding hydrogens is 358 g/mol. The highest BCUT2D eigenvalue weighted by Gasteiger charge is 2.26. The van der Waals surface area contributed by atoms with Gasteiger partial charge in [0.15, 0.2) is 0 Å². The molecule has 0 bridgehead atoms. The molecule has 0 spiro atoms. The Labute approximate surface area is 157 Å². The maximum atomic E-state index is 12.3. The first-order chi connectivity index (χ1) is 12.6. The molecule has 0 saturated heterocycles. The molecule has 2 amide bonds. The van der Waals surface area contributed by atoms with Crippen LogP contribution in [0.3, 0.4) is 0 Å². The smallest absolute Gasteiger partial charge is 0.408 e. The zero-order valence-electron chi connectivity index (χ0n) is 15.8. The Hall–Kier alpha value is -2.78. The van der Waals surface area contributed by atoms with Gasteiger partial charge in [0.2, 0.25) is 5.91 Å². The van der Waals surface area contributed by atoms with Crippen molar-refractivity contribution in [2.24, 2.45) is 5.11 Å². The van der Waals surface area contributed by atoms with Gasteiger partial charge < -0.3 is 25.2 Å². The number of alkyl carbamates (subject to hydrolysis) is 1. The summed E-state index contributed by atoms with van der Waals surface area (Å²) < 4.78 is 9.83. The van der Waals surface area contributed by atoms with Gasteiger partial charge in [-0.1, -0.05) is 17.8 Å². The summed E-state index contributed by atoms with van der Waals surface area (Å²) in [5.41, 5.74) is 7.47. The maximum Gasteiger partial charge on any atom is 0.408 e. The second kappa shape index (κ2) is 12.6. The average Bonchev–Trinajstić information content (AvgIpc) is 2.55. The van der Waals surface area contributed by atoms with Crippen LogP contribution in [0.1, 0.15) is 33.6 Å². The van der Waals surface area contributed by atoms with Gasteiger partial charge in [-0.25, -0.2) is 4.79 Å². The fourth-order valence-electron chi connectivity index (χ4n) is 1.81. The first kappa shape index (κ1) is 24.2. The van der Waals surface area contributed by atoms with E-state index in [2.05, 4.69) is 27.2 Å². The number of carbonyl (C=O) groups excluding carboxylic acids is 3. The van der Waals surface area contributed by atoms with Crippen LogP contribution in [0.25, 0.3) is 10.4 Å². The number of rotatable bonds is 11. The van der Waals surface area contributed by atoms with Crippen molar-refractivity contribution in [3.05, 3.63) is 23.1 Å². The minimum absolute atomic E-state index is 0.00636. The number of azide groups is 1. The number of aliphatic hydroxyl groups excluding tert-OH is 1.